The van der Waals surface area contributed by atoms with Gasteiger partial charge in [0.15, 0.2) is 9.84 Å². The van der Waals surface area contributed by atoms with E-state index in [1.54, 1.807) is 0 Å². The number of anilines is 1. The summed E-state index contributed by atoms with van der Waals surface area (Å²) in [5, 5.41) is 9.49. The molecule has 0 unspecified atom stereocenters. The maximum Gasteiger partial charge on any atom is 0.261 e. The van der Waals surface area contributed by atoms with Gasteiger partial charge in [0.1, 0.15) is 5.75 Å². The van der Waals surface area contributed by atoms with Crippen LogP contribution in [0.15, 0.2) is 52.3 Å². The monoisotopic (exact) mass is 370 g/mol. The van der Waals surface area contributed by atoms with Crippen molar-refractivity contribution in [2.24, 2.45) is 5.73 Å². The first-order valence-corrected chi connectivity index (χ1v) is 9.84. The van der Waals surface area contributed by atoms with Crippen molar-refractivity contribution >= 4 is 31.5 Å². The molecule has 0 atom stereocenters. The zero-order chi connectivity index (χ0) is 18.1. The average Bonchev–Trinajstić information content (AvgIpc) is 2.46. The van der Waals surface area contributed by atoms with Gasteiger partial charge in [-0.3, -0.25) is 9.52 Å². The lowest BCUT2D eigenvalue weighted by atomic mass is 10.2. The summed E-state index contributed by atoms with van der Waals surface area (Å²) in [4.78, 5) is 11.0. The number of sulfone groups is 1. The maximum atomic E-state index is 12.3. The largest absolute Gasteiger partial charge is 0.507 e. The first-order valence-electron chi connectivity index (χ1n) is 6.46. The second-order valence-electron chi connectivity index (χ2n) is 4.95. The van der Waals surface area contributed by atoms with Crippen molar-refractivity contribution in [1.29, 1.82) is 0 Å². The van der Waals surface area contributed by atoms with Crippen LogP contribution in [-0.4, -0.2) is 34.1 Å². The summed E-state index contributed by atoms with van der Waals surface area (Å²) in [6.07, 6.45) is 1.04. The molecule has 128 valence electrons. The minimum absolute atomic E-state index is 0.0473. The summed E-state index contributed by atoms with van der Waals surface area (Å²) in [6.45, 7) is 0. The Morgan fingerprint density at radius 2 is 1.54 bits per heavy atom. The smallest absolute Gasteiger partial charge is 0.261 e. The molecule has 0 aliphatic carbocycles. The molecular formula is C14H14N2O6S2. The number of carbonyl (C=O) groups excluding carboxylic acids is 1. The Morgan fingerprint density at radius 1 is 1.00 bits per heavy atom. The minimum atomic E-state index is -4.05. The second-order valence-corrected chi connectivity index (χ2v) is 8.64. The summed E-state index contributed by atoms with van der Waals surface area (Å²) in [6, 6.07) is 8.21. The first-order chi connectivity index (χ1) is 11.0. The van der Waals surface area contributed by atoms with Crippen molar-refractivity contribution in [3.05, 3.63) is 48.0 Å². The van der Waals surface area contributed by atoms with Crippen LogP contribution in [0.3, 0.4) is 0 Å². The number of hydrogen-bond acceptors (Lipinski definition) is 6. The number of hydrogen-bond donors (Lipinski definition) is 3. The van der Waals surface area contributed by atoms with E-state index in [1.807, 2.05) is 0 Å². The van der Waals surface area contributed by atoms with E-state index in [2.05, 4.69) is 4.72 Å². The van der Waals surface area contributed by atoms with E-state index in [-0.39, 0.29) is 21.0 Å². The van der Waals surface area contributed by atoms with E-state index >= 15 is 0 Å². The molecule has 24 heavy (non-hydrogen) atoms. The van der Waals surface area contributed by atoms with Crippen LogP contribution in [0.2, 0.25) is 0 Å². The van der Waals surface area contributed by atoms with Gasteiger partial charge in [-0.2, -0.15) is 0 Å². The van der Waals surface area contributed by atoms with Gasteiger partial charge in [-0.15, -0.1) is 0 Å². The predicted octanol–water partition coefficient (Wildman–Crippen LogP) is 0.695. The number of rotatable bonds is 5. The third-order valence-electron chi connectivity index (χ3n) is 3.08. The SMILES string of the molecule is CS(=O)(=O)c1ccc(NS(=O)(=O)c2ccc(O)c(C(N)=O)c2)cc1. The van der Waals surface area contributed by atoms with Gasteiger partial charge in [0.05, 0.1) is 15.4 Å². The highest BCUT2D eigenvalue weighted by molar-refractivity contribution is 7.92. The third-order valence-corrected chi connectivity index (χ3v) is 5.59. The van der Waals surface area contributed by atoms with Crippen LogP contribution in [0.1, 0.15) is 10.4 Å². The molecule has 0 spiro atoms. The number of primary amides is 1. The molecule has 0 fully saturated rings. The molecule has 1 amide bonds. The molecule has 0 heterocycles. The van der Waals surface area contributed by atoms with Crippen molar-refractivity contribution < 1.29 is 26.7 Å². The molecule has 2 aromatic carbocycles. The summed E-state index contributed by atoms with van der Waals surface area (Å²) >= 11 is 0. The van der Waals surface area contributed by atoms with E-state index in [9.17, 15) is 26.7 Å². The number of aromatic hydroxyl groups is 1. The van der Waals surface area contributed by atoms with Crippen LogP contribution in [0.5, 0.6) is 5.75 Å². The number of nitrogens with one attached hydrogen (secondary N) is 1. The van der Waals surface area contributed by atoms with Crippen LogP contribution in [0.25, 0.3) is 0 Å². The fourth-order valence-electron chi connectivity index (χ4n) is 1.86. The van der Waals surface area contributed by atoms with E-state index in [0.29, 0.717) is 0 Å². The van der Waals surface area contributed by atoms with Gasteiger partial charge in [-0.25, -0.2) is 16.8 Å². The van der Waals surface area contributed by atoms with Crippen molar-refractivity contribution in [3.8, 4) is 5.75 Å². The Bertz CT molecular complexity index is 996. The third kappa shape index (κ3) is 3.84. The highest BCUT2D eigenvalue weighted by atomic mass is 32.2. The highest BCUT2D eigenvalue weighted by Crippen LogP contribution is 2.23. The maximum absolute atomic E-state index is 12.3. The summed E-state index contributed by atoms with van der Waals surface area (Å²) in [5.41, 5.74) is 4.87. The Morgan fingerprint density at radius 3 is 2.04 bits per heavy atom. The molecule has 2 rings (SSSR count). The second kappa shape index (κ2) is 6.13. The predicted molar refractivity (Wildman–Crippen MR) is 87.0 cm³/mol. The number of phenols is 1. The quantitative estimate of drug-likeness (QED) is 0.706. The molecule has 8 nitrogen and oxygen atoms in total. The van der Waals surface area contributed by atoms with Crippen molar-refractivity contribution in [2.45, 2.75) is 9.79 Å². The number of carbonyl (C=O) groups is 1. The van der Waals surface area contributed by atoms with Gasteiger partial charge < -0.3 is 10.8 Å². The van der Waals surface area contributed by atoms with Gasteiger partial charge in [0.2, 0.25) is 0 Å². The van der Waals surface area contributed by atoms with Crippen molar-refractivity contribution in [3.63, 3.8) is 0 Å². The molecule has 0 aromatic heterocycles. The minimum Gasteiger partial charge on any atom is -0.507 e. The lowest BCUT2D eigenvalue weighted by molar-refractivity contribution is 0.0997. The molecule has 0 aliphatic heterocycles. The zero-order valence-electron chi connectivity index (χ0n) is 12.4. The van der Waals surface area contributed by atoms with E-state index in [1.165, 1.54) is 24.3 Å². The van der Waals surface area contributed by atoms with E-state index in [4.69, 9.17) is 5.73 Å². The Balaban J connectivity index is 2.35. The Kier molecular flexibility index (Phi) is 4.54. The standard InChI is InChI=1S/C14H14N2O6S2/c1-23(19,20)10-4-2-9(3-5-10)16-24(21,22)11-6-7-13(17)12(8-11)14(15)18/h2-8,16-17H,1H3,(H2,15,18). The fourth-order valence-corrected chi connectivity index (χ4v) is 3.58. The van der Waals surface area contributed by atoms with E-state index in [0.717, 1.165) is 24.5 Å². The number of benzene rings is 2. The van der Waals surface area contributed by atoms with Crippen LogP contribution < -0.4 is 10.5 Å². The van der Waals surface area contributed by atoms with Crippen LogP contribution in [-0.2, 0) is 19.9 Å². The van der Waals surface area contributed by atoms with Gasteiger partial charge in [-0.05, 0) is 42.5 Å². The molecule has 0 aliphatic rings. The topological polar surface area (TPSA) is 144 Å². The molecule has 4 N–H and O–H groups in total. The molecule has 0 saturated heterocycles. The summed E-state index contributed by atoms with van der Waals surface area (Å²) < 4.78 is 49.6. The fraction of sp³-hybridized carbons (Fsp3) is 0.0714. The van der Waals surface area contributed by atoms with Gasteiger partial charge >= 0.3 is 0 Å². The number of amides is 1. The lowest BCUT2D eigenvalue weighted by Crippen LogP contribution is -2.16. The van der Waals surface area contributed by atoms with Gasteiger partial charge in [0.25, 0.3) is 15.9 Å². The van der Waals surface area contributed by atoms with Crippen molar-refractivity contribution in [1.82, 2.24) is 0 Å². The molecular weight excluding hydrogens is 356 g/mol. The van der Waals surface area contributed by atoms with Crippen LogP contribution >= 0.6 is 0 Å². The molecule has 10 heteroatoms. The van der Waals surface area contributed by atoms with Gasteiger partial charge in [-0.1, -0.05) is 0 Å². The number of sulfonamides is 1. The van der Waals surface area contributed by atoms with Gasteiger partial charge in [0, 0.05) is 11.9 Å². The highest BCUT2D eigenvalue weighted by Gasteiger charge is 2.18. The average molecular weight is 370 g/mol. The van der Waals surface area contributed by atoms with Crippen molar-refractivity contribution in [2.75, 3.05) is 11.0 Å². The normalized spacial score (nSPS) is 11.9. The van der Waals surface area contributed by atoms with Crippen LogP contribution in [0.4, 0.5) is 5.69 Å². The Labute approximate surface area is 138 Å². The summed E-state index contributed by atoms with van der Waals surface area (Å²) in [5.74, 6) is -1.40. The zero-order valence-corrected chi connectivity index (χ0v) is 14.1. The molecule has 0 bridgehead atoms. The molecule has 0 radical (unpaired) electrons. The van der Waals surface area contributed by atoms with Crippen LogP contribution in [0, 0.1) is 0 Å². The molecule has 2 aromatic rings. The Hall–Kier alpha value is -2.59. The lowest BCUT2D eigenvalue weighted by Gasteiger charge is -2.10. The number of nitrogens with two attached hydrogens (primary N) is 1. The first kappa shape index (κ1) is 17.8. The summed E-state index contributed by atoms with van der Waals surface area (Å²) in [7, 11) is -7.44. The van der Waals surface area contributed by atoms with E-state index < -0.39 is 31.5 Å². The molecule has 0 saturated carbocycles.